The predicted octanol–water partition coefficient (Wildman–Crippen LogP) is 1.32. The molecule has 1 aromatic carbocycles. The van der Waals surface area contributed by atoms with Gasteiger partial charge in [-0.2, -0.15) is 0 Å². The van der Waals surface area contributed by atoms with Crippen molar-refractivity contribution in [3.63, 3.8) is 0 Å². The monoisotopic (exact) mass is 242 g/mol. The van der Waals surface area contributed by atoms with Gasteiger partial charge in [-0.05, 0) is 31.5 Å². The molecule has 0 amide bonds. The highest BCUT2D eigenvalue weighted by molar-refractivity contribution is 7.92. The van der Waals surface area contributed by atoms with Gasteiger partial charge in [-0.3, -0.25) is 4.31 Å². The predicted molar refractivity (Wildman–Crippen MR) is 66.8 cm³/mol. The van der Waals surface area contributed by atoms with E-state index in [9.17, 15) is 8.42 Å². The first-order valence-corrected chi connectivity index (χ1v) is 6.95. The van der Waals surface area contributed by atoms with Gasteiger partial charge in [0, 0.05) is 13.1 Å². The van der Waals surface area contributed by atoms with Gasteiger partial charge in [0.2, 0.25) is 10.0 Å². The van der Waals surface area contributed by atoms with Crippen LogP contribution in [0.1, 0.15) is 19.4 Å². The molecule has 4 nitrogen and oxygen atoms in total. The molecule has 0 radical (unpaired) electrons. The van der Waals surface area contributed by atoms with Crippen molar-refractivity contribution >= 4 is 15.7 Å². The van der Waals surface area contributed by atoms with Gasteiger partial charge in [-0.15, -0.1) is 0 Å². The van der Waals surface area contributed by atoms with E-state index in [1.54, 1.807) is 13.0 Å². The normalized spacial score (nSPS) is 11.4. The van der Waals surface area contributed by atoms with Gasteiger partial charge >= 0.3 is 0 Å². The van der Waals surface area contributed by atoms with Crippen LogP contribution < -0.4 is 10.0 Å². The minimum absolute atomic E-state index is 0.105. The number of nitrogens with two attached hydrogens (primary N) is 1. The van der Waals surface area contributed by atoms with Crippen molar-refractivity contribution in [3.05, 3.63) is 29.8 Å². The maximum absolute atomic E-state index is 11.8. The number of nitrogens with zero attached hydrogens (tertiary/aromatic N) is 1. The number of anilines is 1. The lowest BCUT2D eigenvalue weighted by atomic mass is 10.2. The molecule has 0 aromatic heterocycles. The first kappa shape index (κ1) is 13.0. The highest BCUT2D eigenvalue weighted by Crippen LogP contribution is 2.19. The zero-order valence-corrected chi connectivity index (χ0v) is 10.5. The standard InChI is InChI=1S/C11H18N2O2S/c1-3-13(16(14,15)4-2)11-7-5-6-10(8-11)9-12/h5-8H,3-4,9,12H2,1-2H3. The highest BCUT2D eigenvalue weighted by Gasteiger charge is 2.18. The van der Waals surface area contributed by atoms with Crippen LogP contribution in [0.5, 0.6) is 0 Å². The lowest BCUT2D eigenvalue weighted by Gasteiger charge is -2.22. The molecule has 90 valence electrons. The molecular weight excluding hydrogens is 224 g/mol. The number of rotatable bonds is 5. The molecule has 0 unspecified atom stereocenters. The van der Waals surface area contributed by atoms with Crippen LogP contribution in [0.4, 0.5) is 5.69 Å². The number of benzene rings is 1. The third kappa shape index (κ3) is 2.74. The van der Waals surface area contributed by atoms with Crippen LogP contribution in [0, 0.1) is 0 Å². The van der Waals surface area contributed by atoms with Crippen LogP contribution >= 0.6 is 0 Å². The van der Waals surface area contributed by atoms with Crippen molar-refractivity contribution < 1.29 is 8.42 Å². The van der Waals surface area contributed by atoms with Crippen LogP contribution in [-0.2, 0) is 16.6 Å². The molecule has 0 spiro atoms. The average molecular weight is 242 g/mol. The first-order valence-electron chi connectivity index (χ1n) is 5.34. The average Bonchev–Trinajstić information content (AvgIpc) is 2.30. The van der Waals surface area contributed by atoms with Gasteiger partial charge in [-0.25, -0.2) is 8.42 Å². The zero-order valence-electron chi connectivity index (χ0n) is 9.68. The Bertz CT molecular complexity index is 443. The van der Waals surface area contributed by atoms with Gasteiger partial charge in [0.25, 0.3) is 0 Å². The van der Waals surface area contributed by atoms with E-state index in [2.05, 4.69) is 0 Å². The van der Waals surface area contributed by atoms with Crippen LogP contribution in [0.2, 0.25) is 0 Å². The van der Waals surface area contributed by atoms with Gasteiger partial charge in [0.15, 0.2) is 0 Å². The summed E-state index contributed by atoms with van der Waals surface area (Å²) in [7, 11) is -3.20. The highest BCUT2D eigenvalue weighted by atomic mass is 32.2. The zero-order chi connectivity index (χ0) is 12.2. The molecule has 0 heterocycles. The van der Waals surface area contributed by atoms with E-state index >= 15 is 0 Å². The van der Waals surface area contributed by atoms with E-state index in [0.717, 1.165) is 5.56 Å². The fourth-order valence-corrected chi connectivity index (χ4v) is 2.67. The second-order valence-electron chi connectivity index (χ2n) is 3.44. The molecule has 0 saturated carbocycles. The number of sulfonamides is 1. The quantitative estimate of drug-likeness (QED) is 0.847. The van der Waals surface area contributed by atoms with Crippen molar-refractivity contribution in [2.45, 2.75) is 20.4 Å². The molecule has 2 N–H and O–H groups in total. The van der Waals surface area contributed by atoms with Gasteiger partial charge in [0.1, 0.15) is 0 Å². The molecule has 1 aromatic rings. The Morgan fingerprint density at radius 3 is 2.50 bits per heavy atom. The largest absolute Gasteiger partial charge is 0.326 e. The third-order valence-corrected chi connectivity index (χ3v) is 4.29. The number of hydrogen-bond donors (Lipinski definition) is 1. The molecule has 0 atom stereocenters. The fraction of sp³-hybridized carbons (Fsp3) is 0.455. The molecule has 1 rings (SSSR count). The van der Waals surface area contributed by atoms with Crippen molar-refractivity contribution in [2.75, 3.05) is 16.6 Å². The lowest BCUT2D eigenvalue weighted by molar-refractivity contribution is 0.593. The minimum atomic E-state index is -3.20. The van der Waals surface area contributed by atoms with Gasteiger partial charge in [0.05, 0.1) is 11.4 Å². The Hall–Kier alpha value is -1.07. The molecule has 0 aliphatic carbocycles. The summed E-state index contributed by atoms with van der Waals surface area (Å²) in [5.41, 5.74) is 7.15. The van der Waals surface area contributed by atoms with E-state index in [1.807, 2.05) is 25.1 Å². The van der Waals surface area contributed by atoms with Crippen molar-refractivity contribution in [2.24, 2.45) is 5.73 Å². The molecule has 0 bridgehead atoms. The maximum atomic E-state index is 11.8. The second-order valence-corrected chi connectivity index (χ2v) is 5.62. The summed E-state index contributed by atoms with van der Waals surface area (Å²) < 4.78 is 25.1. The van der Waals surface area contributed by atoms with Crippen LogP contribution in [0.15, 0.2) is 24.3 Å². The van der Waals surface area contributed by atoms with Gasteiger partial charge < -0.3 is 5.73 Å². The molecule has 16 heavy (non-hydrogen) atoms. The smallest absolute Gasteiger partial charge is 0.234 e. The first-order chi connectivity index (χ1) is 7.55. The summed E-state index contributed by atoms with van der Waals surface area (Å²) >= 11 is 0. The minimum Gasteiger partial charge on any atom is -0.326 e. The fourth-order valence-electron chi connectivity index (χ4n) is 1.53. The molecule has 0 aliphatic heterocycles. The van der Waals surface area contributed by atoms with Crippen molar-refractivity contribution in [1.82, 2.24) is 0 Å². The molecule has 0 aliphatic rings. The van der Waals surface area contributed by atoms with E-state index in [4.69, 9.17) is 5.73 Å². The van der Waals surface area contributed by atoms with Crippen molar-refractivity contribution in [3.8, 4) is 0 Å². The maximum Gasteiger partial charge on any atom is 0.234 e. The Kier molecular flexibility index (Phi) is 4.32. The summed E-state index contributed by atoms with van der Waals surface area (Å²) in [4.78, 5) is 0. The van der Waals surface area contributed by atoms with Crippen LogP contribution in [-0.4, -0.2) is 20.7 Å². The van der Waals surface area contributed by atoms with Crippen LogP contribution in [0.25, 0.3) is 0 Å². The molecule has 0 fully saturated rings. The van der Waals surface area contributed by atoms with Crippen molar-refractivity contribution in [1.29, 1.82) is 0 Å². The number of hydrogen-bond acceptors (Lipinski definition) is 3. The summed E-state index contributed by atoms with van der Waals surface area (Å²) in [6.07, 6.45) is 0. The Morgan fingerprint density at radius 2 is 2.00 bits per heavy atom. The molecular formula is C11H18N2O2S. The molecule has 0 saturated heterocycles. The van der Waals surface area contributed by atoms with Crippen LogP contribution in [0.3, 0.4) is 0 Å². The Morgan fingerprint density at radius 1 is 1.31 bits per heavy atom. The summed E-state index contributed by atoms with van der Waals surface area (Å²) in [5, 5.41) is 0. The van der Waals surface area contributed by atoms with Gasteiger partial charge in [-0.1, -0.05) is 12.1 Å². The summed E-state index contributed by atoms with van der Waals surface area (Å²) in [6, 6.07) is 7.31. The van der Waals surface area contributed by atoms with E-state index in [-0.39, 0.29) is 5.75 Å². The molecule has 5 heteroatoms. The Labute approximate surface area is 97.1 Å². The lowest BCUT2D eigenvalue weighted by Crippen LogP contribution is -2.32. The SMILES string of the molecule is CCN(c1cccc(CN)c1)S(=O)(=O)CC. The summed E-state index contributed by atoms with van der Waals surface area (Å²) in [5.74, 6) is 0.105. The third-order valence-electron chi connectivity index (χ3n) is 2.42. The van der Waals surface area contributed by atoms with E-state index in [1.165, 1.54) is 4.31 Å². The topological polar surface area (TPSA) is 63.4 Å². The summed E-state index contributed by atoms with van der Waals surface area (Å²) in [6.45, 7) is 4.31. The van der Waals surface area contributed by atoms with E-state index < -0.39 is 10.0 Å². The Balaban J connectivity index is 3.14. The van der Waals surface area contributed by atoms with E-state index in [0.29, 0.717) is 18.8 Å². The second kappa shape index (κ2) is 5.32.